The summed E-state index contributed by atoms with van der Waals surface area (Å²) < 4.78 is 1.16. The number of fused-ring (bicyclic) bond motifs is 1. The van der Waals surface area contributed by atoms with Crippen LogP contribution in [-0.4, -0.2) is 37.4 Å². The Morgan fingerprint density at radius 3 is 2.70 bits per heavy atom. The van der Waals surface area contributed by atoms with Gasteiger partial charge in [0.2, 0.25) is 0 Å². The highest BCUT2D eigenvalue weighted by Gasteiger charge is 2.22. The van der Waals surface area contributed by atoms with Crippen molar-refractivity contribution in [3.8, 4) is 0 Å². The first-order valence-electron chi connectivity index (χ1n) is 8.77. The van der Waals surface area contributed by atoms with Crippen molar-refractivity contribution >= 4 is 39.1 Å². The van der Waals surface area contributed by atoms with Gasteiger partial charge in [-0.25, -0.2) is 4.98 Å². The van der Waals surface area contributed by atoms with Gasteiger partial charge < -0.3 is 15.5 Å². The molecule has 0 aliphatic heterocycles. The normalized spacial score (nSPS) is 13.1. The Kier molecular flexibility index (Phi) is 5.83. The number of hydrogen-bond acceptors (Lipinski definition) is 4. The molecular weight excluding hydrogens is 360 g/mol. The lowest BCUT2D eigenvalue weighted by Crippen LogP contribution is -3.10. The van der Waals surface area contributed by atoms with Gasteiger partial charge in [-0.2, -0.15) is 0 Å². The molecule has 0 spiro atoms. The van der Waals surface area contributed by atoms with Crippen LogP contribution in [0.4, 0.5) is 5.69 Å². The molecule has 0 fully saturated rings. The fraction of sp³-hybridized carbons (Fsp3) is 0.250. The second kappa shape index (κ2) is 8.28. The molecule has 0 bridgehead atoms. The molecule has 0 aliphatic carbocycles. The van der Waals surface area contributed by atoms with Crippen LogP contribution in [0.15, 0.2) is 48.5 Å². The molecule has 0 radical (unpaired) electrons. The zero-order valence-corrected chi connectivity index (χ0v) is 16.4. The average Bonchev–Trinajstić information content (AvgIpc) is 3.10. The van der Waals surface area contributed by atoms with Crippen molar-refractivity contribution in [1.29, 1.82) is 0 Å². The van der Waals surface area contributed by atoms with Gasteiger partial charge in [-0.1, -0.05) is 18.2 Å². The molecule has 7 heteroatoms. The van der Waals surface area contributed by atoms with Crippen LogP contribution in [0.5, 0.6) is 0 Å². The van der Waals surface area contributed by atoms with Crippen LogP contribution in [0.1, 0.15) is 28.3 Å². The third kappa shape index (κ3) is 4.50. The quantitative estimate of drug-likeness (QED) is 0.608. The highest BCUT2D eigenvalue weighted by Crippen LogP contribution is 2.24. The predicted octanol–water partition coefficient (Wildman–Crippen LogP) is 1.87. The lowest BCUT2D eigenvalue weighted by atomic mass is 10.2. The van der Waals surface area contributed by atoms with Gasteiger partial charge in [0.15, 0.2) is 11.6 Å². The smallest absolute Gasteiger partial charge is 0.279 e. The van der Waals surface area contributed by atoms with Crippen LogP contribution in [0.2, 0.25) is 0 Å². The van der Waals surface area contributed by atoms with Crippen molar-refractivity contribution in [2.24, 2.45) is 0 Å². The van der Waals surface area contributed by atoms with E-state index in [2.05, 4.69) is 28.6 Å². The van der Waals surface area contributed by atoms with E-state index in [0.29, 0.717) is 17.8 Å². The molecule has 0 saturated heterocycles. The summed E-state index contributed by atoms with van der Waals surface area (Å²) in [5.74, 6) is -0.284. The Morgan fingerprint density at radius 1 is 1.19 bits per heavy atom. The lowest BCUT2D eigenvalue weighted by molar-refractivity contribution is -0.902. The van der Waals surface area contributed by atoms with Crippen molar-refractivity contribution in [2.45, 2.75) is 13.0 Å². The van der Waals surface area contributed by atoms with Gasteiger partial charge in [-0.05, 0) is 37.3 Å². The molecule has 0 aliphatic rings. The SMILES string of the molecule is CNC(=O)c1cccc(NC(=O)C[NH+](C)[C@@H](C)c2nc3ccccc3s2)c1. The summed E-state index contributed by atoms with van der Waals surface area (Å²) in [4.78, 5) is 29.9. The van der Waals surface area contributed by atoms with Gasteiger partial charge in [0.05, 0.1) is 17.3 Å². The molecule has 2 amide bonds. The van der Waals surface area contributed by atoms with Crippen LogP contribution in [0.3, 0.4) is 0 Å². The molecule has 27 heavy (non-hydrogen) atoms. The number of rotatable bonds is 6. The van der Waals surface area contributed by atoms with Crippen LogP contribution < -0.4 is 15.5 Å². The maximum absolute atomic E-state index is 12.4. The molecule has 3 rings (SSSR count). The molecule has 140 valence electrons. The molecular formula is C20H23N4O2S+. The number of aromatic nitrogens is 1. The highest BCUT2D eigenvalue weighted by atomic mass is 32.1. The maximum Gasteiger partial charge on any atom is 0.279 e. The standard InChI is InChI=1S/C20H22N4O2S/c1-13(20-23-16-9-4-5-10-17(16)27-20)24(3)12-18(25)22-15-8-6-7-14(11-15)19(26)21-2/h4-11,13H,12H2,1-3H3,(H,21,26)(H,22,25)/p+1/t13-/m0/s1. The summed E-state index contributed by atoms with van der Waals surface area (Å²) in [6.45, 7) is 2.38. The second-order valence-electron chi connectivity index (χ2n) is 6.47. The molecule has 1 heterocycles. The summed E-state index contributed by atoms with van der Waals surface area (Å²) in [5.41, 5.74) is 2.12. The molecule has 1 aromatic heterocycles. The molecule has 2 atom stereocenters. The van der Waals surface area contributed by atoms with E-state index in [1.54, 1.807) is 42.6 Å². The van der Waals surface area contributed by atoms with Gasteiger partial charge in [-0.15, -0.1) is 11.3 Å². The minimum Gasteiger partial charge on any atom is -0.355 e. The van der Waals surface area contributed by atoms with Crippen LogP contribution >= 0.6 is 11.3 Å². The van der Waals surface area contributed by atoms with Crippen molar-refractivity contribution in [3.63, 3.8) is 0 Å². The summed E-state index contributed by atoms with van der Waals surface area (Å²) >= 11 is 1.66. The van der Waals surface area contributed by atoms with Crippen molar-refractivity contribution in [2.75, 3.05) is 26.0 Å². The Morgan fingerprint density at radius 2 is 1.96 bits per heavy atom. The Labute approximate surface area is 162 Å². The number of carbonyl (C=O) groups is 2. The third-order valence-electron chi connectivity index (χ3n) is 4.50. The fourth-order valence-corrected chi connectivity index (χ4v) is 3.89. The number of amides is 2. The van der Waals surface area contributed by atoms with Crippen molar-refractivity contribution < 1.29 is 14.5 Å². The number of nitrogens with zero attached hydrogens (tertiary/aromatic N) is 1. The zero-order chi connectivity index (χ0) is 19.4. The average molecular weight is 383 g/mol. The van der Waals surface area contributed by atoms with Gasteiger partial charge >= 0.3 is 0 Å². The number of carbonyl (C=O) groups excluding carboxylic acids is 2. The molecule has 1 unspecified atom stereocenters. The minimum absolute atomic E-state index is 0.102. The number of para-hydroxylation sites is 1. The first-order valence-corrected chi connectivity index (χ1v) is 9.59. The Hall–Kier alpha value is -2.77. The monoisotopic (exact) mass is 383 g/mol. The number of hydrogen-bond donors (Lipinski definition) is 3. The van der Waals surface area contributed by atoms with Gasteiger partial charge in [-0.3, -0.25) is 9.59 Å². The number of nitrogens with one attached hydrogen (secondary N) is 3. The minimum atomic E-state index is -0.182. The second-order valence-corrected chi connectivity index (χ2v) is 7.53. The van der Waals surface area contributed by atoms with E-state index < -0.39 is 0 Å². The van der Waals surface area contributed by atoms with E-state index in [1.165, 1.54) is 0 Å². The Balaban J connectivity index is 1.64. The van der Waals surface area contributed by atoms with Crippen LogP contribution in [0.25, 0.3) is 10.2 Å². The van der Waals surface area contributed by atoms with Crippen LogP contribution in [-0.2, 0) is 4.79 Å². The Bertz CT molecular complexity index is 936. The van der Waals surface area contributed by atoms with Crippen molar-refractivity contribution in [1.82, 2.24) is 10.3 Å². The fourth-order valence-electron chi connectivity index (χ4n) is 2.78. The molecule has 2 aromatic carbocycles. The van der Waals surface area contributed by atoms with E-state index in [4.69, 9.17) is 0 Å². The first-order chi connectivity index (χ1) is 13.0. The summed E-state index contributed by atoms with van der Waals surface area (Å²) in [7, 11) is 3.56. The van der Waals surface area contributed by atoms with E-state index in [1.807, 2.05) is 25.2 Å². The topological polar surface area (TPSA) is 75.5 Å². The molecule has 3 aromatic rings. The third-order valence-corrected chi connectivity index (χ3v) is 5.71. The van der Waals surface area contributed by atoms with Crippen molar-refractivity contribution in [3.05, 3.63) is 59.1 Å². The predicted molar refractivity (Wildman–Crippen MR) is 108 cm³/mol. The van der Waals surface area contributed by atoms with Crippen LogP contribution in [0, 0.1) is 0 Å². The number of anilines is 1. The summed E-state index contributed by atoms with van der Waals surface area (Å²) in [6.07, 6.45) is 0. The van der Waals surface area contributed by atoms with Gasteiger partial charge in [0.25, 0.3) is 11.8 Å². The largest absolute Gasteiger partial charge is 0.355 e. The van der Waals surface area contributed by atoms with E-state index >= 15 is 0 Å². The molecule has 3 N–H and O–H groups in total. The maximum atomic E-state index is 12.4. The van der Waals surface area contributed by atoms with E-state index in [-0.39, 0.29) is 17.9 Å². The van der Waals surface area contributed by atoms with Gasteiger partial charge in [0, 0.05) is 18.3 Å². The summed E-state index contributed by atoms with van der Waals surface area (Å²) in [6, 6.07) is 15.1. The first kappa shape index (κ1) is 19.0. The molecule has 6 nitrogen and oxygen atoms in total. The number of benzene rings is 2. The van der Waals surface area contributed by atoms with E-state index in [9.17, 15) is 9.59 Å². The molecule has 0 saturated carbocycles. The van der Waals surface area contributed by atoms with Gasteiger partial charge in [0.1, 0.15) is 6.04 Å². The summed E-state index contributed by atoms with van der Waals surface area (Å²) in [5, 5.41) is 6.46. The van der Waals surface area contributed by atoms with E-state index in [0.717, 1.165) is 20.1 Å². The number of thiazole rings is 1. The lowest BCUT2D eigenvalue weighted by Gasteiger charge is -2.19. The highest BCUT2D eigenvalue weighted by molar-refractivity contribution is 7.18. The number of likely N-dealkylation sites (N-methyl/N-ethyl adjacent to an activating group) is 1. The zero-order valence-electron chi connectivity index (χ0n) is 15.6. The number of quaternary nitrogens is 1.